The standard InChI is InChI=1S/C46H55N3O8S/c1-6-25-55-46-42(49(4)58(52,53)41-17-11-14-32-15-12-22-47-45(32)41)29-39(48-54-5)37-27-33(13-7-9-23-50)36(16-8-10-24-51)43(44(37)46)38-28-35(20-21-40(38)57-46)56-34-19-18-30(2)31(3)26-34/h6,11-12,14-15,17-22,26-28,33,36,42-44,50-51H,1,7-10,13,16,23-25,29H2,2-5H3. The van der Waals surface area contributed by atoms with Crippen LogP contribution in [0.4, 0.5) is 0 Å². The van der Waals surface area contributed by atoms with E-state index in [-0.39, 0.29) is 48.9 Å². The number of nitrogens with zero attached hydrogens (tertiary/aromatic N) is 3. The molecule has 1 aromatic heterocycles. The summed E-state index contributed by atoms with van der Waals surface area (Å²) in [6.07, 6.45) is 10.2. The maximum atomic E-state index is 15.0. The van der Waals surface area contributed by atoms with Gasteiger partial charge in [-0.05, 0) is 111 Å². The summed E-state index contributed by atoms with van der Waals surface area (Å²) in [7, 11) is -1.15. The lowest BCUT2D eigenvalue weighted by atomic mass is 9.55. The van der Waals surface area contributed by atoms with Gasteiger partial charge in [-0.1, -0.05) is 54.4 Å². The molecule has 1 saturated carbocycles. The summed E-state index contributed by atoms with van der Waals surface area (Å²) in [4.78, 5) is 10.1. The van der Waals surface area contributed by atoms with Gasteiger partial charge in [0.2, 0.25) is 15.8 Å². The highest BCUT2D eigenvalue weighted by Gasteiger charge is 2.65. The largest absolute Gasteiger partial charge is 0.460 e. The van der Waals surface area contributed by atoms with Crippen molar-refractivity contribution in [3.63, 3.8) is 0 Å². The average Bonchev–Trinajstić information content (AvgIpc) is 3.22. The Morgan fingerprint density at radius 1 is 0.983 bits per heavy atom. The first-order valence-electron chi connectivity index (χ1n) is 20.3. The molecule has 2 aliphatic carbocycles. The quantitative estimate of drug-likeness (QED) is 0.0614. The number of benzene rings is 3. The molecule has 308 valence electrons. The van der Waals surface area contributed by atoms with Crippen LogP contribution >= 0.6 is 0 Å². The van der Waals surface area contributed by atoms with E-state index in [1.807, 2.05) is 42.5 Å². The van der Waals surface area contributed by atoms with Crippen LogP contribution in [-0.4, -0.2) is 79.4 Å². The Hall–Kier alpha value is -4.59. The van der Waals surface area contributed by atoms with Crippen molar-refractivity contribution in [3.8, 4) is 17.2 Å². The van der Waals surface area contributed by atoms with Crippen LogP contribution in [0.5, 0.6) is 17.2 Å². The van der Waals surface area contributed by atoms with Gasteiger partial charge >= 0.3 is 0 Å². The van der Waals surface area contributed by atoms with Gasteiger partial charge in [-0.15, -0.1) is 6.58 Å². The summed E-state index contributed by atoms with van der Waals surface area (Å²) in [5.74, 6) is -0.297. The number of allylic oxidation sites excluding steroid dienone is 1. The monoisotopic (exact) mass is 809 g/mol. The molecule has 7 rings (SSSR count). The first kappa shape index (κ1) is 41.6. The fourth-order valence-corrected chi connectivity index (χ4v) is 10.9. The number of aliphatic hydroxyl groups is 2. The lowest BCUT2D eigenvalue weighted by Crippen LogP contribution is -2.69. The van der Waals surface area contributed by atoms with E-state index in [0.717, 1.165) is 48.1 Å². The molecule has 6 atom stereocenters. The predicted octanol–water partition coefficient (Wildman–Crippen LogP) is 8.23. The normalized spacial score (nSPS) is 24.5. The number of aryl methyl sites for hydroxylation is 2. The molecule has 3 aliphatic rings. The smallest absolute Gasteiger partial charge is 0.245 e. The second-order valence-electron chi connectivity index (χ2n) is 15.7. The third kappa shape index (κ3) is 7.80. The Bertz CT molecular complexity index is 2290. The number of ether oxygens (including phenoxy) is 3. The fourth-order valence-electron chi connectivity index (χ4n) is 9.40. The lowest BCUT2D eigenvalue weighted by molar-refractivity contribution is -0.250. The summed E-state index contributed by atoms with van der Waals surface area (Å²) in [6, 6.07) is 19.7. The van der Waals surface area contributed by atoms with E-state index in [4.69, 9.17) is 19.0 Å². The number of pyridine rings is 1. The zero-order valence-electron chi connectivity index (χ0n) is 33.8. The van der Waals surface area contributed by atoms with Crippen LogP contribution < -0.4 is 9.47 Å². The topological polar surface area (TPSA) is 140 Å². The molecule has 1 aliphatic heterocycles. The Labute approximate surface area is 342 Å². The molecule has 3 aromatic carbocycles. The third-order valence-electron chi connectivity index (χ3n) is 12.3. The number of aliphatic hydroxyl groups excluding tert-OH is 2. The average molecular weight is 810 g/mol. The molecular formula is C46H55N3O8S. The molecule has 4 aromatic rings. The van der Waals surface area contributed by atoms with Gasteiger partial charge < -0.3 is 29.3 Å². The first-order valence-corrected chi connectivity index (χ1v) is 21.7. The van der Waals surface area contributed by atoms with Crippen LogP contribution in [0, 0.1) is 31.6 Å². The molecular weight excluding hydrogens is 755 g/mol. The molecule has 2 heterocycles. The van der Waals surface area contributed by atoms with Crippen molar-refractivity contribution in [3.05, 3.63) is 114 Å². The van der Waals surface area contributed by atoms with Crippen molar-refractivity contribution in [2.75, 3.05) is 34.0 Å². The highest BCUT2D eigenvalue weighted by Crippen LogP contribution is 2.62. The predicted molar refractivity (Wildman–Crippen MR) is 225 cm³/mol. The van der Waals surface area contributed by atoms with E-state index in [2.05, 4.69) is 42.7 Å². The first-order chi connectivity index (χ1) is 28.1. The number of aromatic nitrogens is 1. The van der Waals surface area contributed by atoms with E-state index in [1.165, 1.54) is 17.0 Å². The van der Waals surface area contributed by atoms with Gasteiger partial charge in [0.25, 0.3) is 0 Å². The summed E-state index contributed by atoms with van der Waals surface area (Å²) in [5, 5.41) is 25.0. The van der Waals surface area contributed by atoms with E-state index in [1.54, 1.807) is 37.5 Å². The van der Waals surface area contributed by atoms with E-state index < -0.39 is 27.8 Å². The molecule has 0 saturated heterocycles. The van der Waals surface area contributed by atoms with Crippen LogP contribution in [0.1, 0.15) is 67.6 Å². The van der Waals surface area contributed by atoms with Gasteiger partial charge in [-0.2, -0.15) is 4.31 Å². The number of unbranched alkanes of at least 4 members (excludes halogenated alkanes) is 2. The fraction of sp³-hybridized carbons (Fsp3) is 0.435. The lowest BCUT2D eigenvalue weighted by Gasteiger charge is -2.59. The molecule has 1 fully saturated rings. The van der Waals surface area contributed by atoms with Gasteiger partial charge in [0.05, 0.1) is 29.8 Å². The van der Waals surface area contributed by atoms with Crippen molar-refractivity contribution in [1.29, 1.82) is 0 Å². The molecule has 12 heteroatoms. The number of sulfonamides is 1. The Kier molecular flexibility index (Phi) is 12.7. The third-order valence-corrected chi connectivity index (χ3v) is 14.1. The molecule has 58 heavy (non-hydrogen) atoms. The van der Waals surface area contributed by atoms with E-state index in [9.17, 15) is 10.2 Å². The summed E-state index contributed by atoms with van der Waals surface area (Å²) >= 11 is 0. The Morgan fingerprint density at radius 3 is 2.47 bits per heavy atom. The Balaban J connectivity index is 1.44. The molecule has 0 spiro atoms. The SMILES string of the molecule is C=CCOC12Oc3ccc(Oc4ccc(C)c(C)c4)cc3C3C(CCCCO)C(CCCCO)C=C(C(=NOC)CC1N(C)S(=O)(=O)c1cccc4cccnc14)C32. The zero-order chi connectivity index (χ0) is 41.0. The minimum atomic E-state index is -4.22. The van der Waals surface area contributed by atoms with Gasteiger partial charge in [-0.3, -0.25) is 4.98 Å². The number of likely N-dealkylation sites (N-methyl/N-ethyl adjacent to an activating group) is 1. The van der Waals surface area contributed by atoms with Crippen LogP contribution in [-0.2, 0) is 19.6 Å². The van der Waals surface area contributed by atoms with Crippen molar-refractivity contribution in [1.82, 2.24) is 9.29 Å². The summed E-state index contributed by atoms with van der Waals surface area (Å²) < 4.78 is 52.1. The number of oxime groups is 1. The zero-order valence-corrected chi connectivity index (χ0v) is 34.7. The van der Waals surface area contributed by atoms with Crippen molar-refractivity contribution < 1.29 is 37.7 Å². The van der Waals surface area contributed by atoms with Crippen molar-refractivity contribution >= 4 is 26.6 Å². The van der Waals surface area contributed by atoms with Crippen LogP contribution in [0.3, 0.4) is 0 Å². The minimum Gasteiger partial charge on any atom is -0.460 e. The van der Waals surface area contributed by atoms with Crippen molar-refractivity contribution in [2.45, 2.75) is 81.4 Å². The maximum absolute atomic E-state index is 15.0. The number of fused-ring (bicyclic) bond motifs is 3. The van der Waals surface area contributed by atoms with Gasteiger partial charge in [-0.25, -0.2) is 8.42 Å². The highest BCUT2D eigenvalue weighted by atomic mass is 32.2. The second kappa shape index (κ2) is 17.7. The molecule has 0 bridgehead atoms. The van der Waals surface area contributed by atoms with Gasteiger partial charge in [0, 0.05) is 49.7 Å². The van der Waals surface area contributed by atoms with E-state index in [0.29, 0.717) is 41.0 Å². The number of hydrogen-bond donors (Lipinski definition) is 2. The number of para-hydroxylation sites is 1. The van der Waals surface area contributed by atoms with Crippen molar-refractivity contribution in [2.24, 2.45) is 22.9 Å². The van der Waals surface area contributed by atoms with Gasteiger partial charge in [0.15, 0.2) is 0 Å². The highest BCUT2D eigenvalue weighted by molar-refractivity contribution is 7.89. The molecule has 0 radical (unpaired) electrons. The Morgan fingerprint density at radius 2 is 1.72 bits per heavy atom. The molecule has 2 N–H and O–H groups in total. The maximum Gasteiger partial charge on any atom is 0.245 e. The molecule has 0 amide bonds. The number of rotatable bonds is 17. The summed E-state index contributed by atoms with van der Waals surface area (Å²) in [6.45, 7) is 8.38. The van der Waals surface area contributed by atoms with Crippen LogP contribution in [0.15, 0.2) is 107 Å². The molecule has 6 unspecified atom stereocenters. The second-order valence-corrected chi connectivity index (χ2v) is 17.6. The van der Waals surface area contributed by atoms with Crippen LogP contribution in [0.2, 0.25) is 0 Å². The minimum absolute atomic E-state index is 0.0249. The van der Waals surface area contributed by atoms with E-state index >= 15 is 8.42 Å². The van der Waals surface area contributed by atoms with Crippen LogP contribution in [0.25, 0.3) is 10.9 Å². The van der Waals surface area contributed by atoms with Gasteiger partial charge in [0.1, 0.15) is 29.3 Å². The summed E-state index contributed by atoms with van der Waals surface area (Å²) in [5.41, 5.74) is 5.10. The number of hydrogen-bond acceptors (Lipinski definition) is 10. The molecule has 11 nitrogen and oxygen atoms in total.